The van der Waals surface area contributed by atoms with E-state index in [2.05, 4.69) is 10.6 Å². The van der Waals surface area contributed by atoms with Gasteiger partial charge in [0.2, 0.25) is 11.8 Å². The lowest BCUT2D eigenvalue weighted by molar-refractivity contribution is -0.405. The molecule has 0 aromatic carbocycles. The van der Waals surface area contributed by atoms with Crippen LogP contribution in [0.5, 0.6) is 0 Å². The summed E-state index contributed by atoms with van der Waals surface area (Å²) in [5.74, 6) is -1.76. The lowest BCUT2D eigenvalue weighted by Gasteiger charge is -2.50. The lowest BCUT2D eigenvalue weighted by Crippen LogP contribution is -2.69. The van der Waals surface area contributed by atoms with Gasteiger partial charge in [-0.2, -0.15) is 0 Å². The standard InChI is InChI=1S/C58H100N2O46/c1-13(69)59-15(3-61)26(72)45(16(71)4-62)101-51-25(60-14(2)70)34(80)46(22(10-68)98-51)102-56-44(90)48(103-54-41(87)36(82)28(74)18(6-64)94-54)33(79)24(100-56)12-92-53-43(89)47(32(78)23(99-53)11-91-52-40(86)35(81)27(73)17(5-63)93-52)104-57-50(39(85)31(77)20(8-66)96-57)106-58-49(38(84)30(76)21(9-67)97-58)105-55-42(88)37(83)29(75)19(7-65)95-55/h15-58,61-68,71-90H,3-12H2,1-2H3,(H,59,69)(H,60,70)/t15-,16+,17+,18+,19+,20+,21+,22+,23+,24+,25+,26+,27+,28+,29+,30+,31+,32+,33+,34+,35-,36-,37-,38-,39-,40-,41-,42-,43-,44-,45+,46+,47-,48-,49-,50-,51-,52-,53-,54+,55+,56-,57+,58+/m0/s1. The van der Waals surface area contributed by atoms with Crippen LogP contribution in [0.15, 0.2) is 0 Å². The second-order valence-electron chi connectivity index (χ2n) is 26.5. The van der Waals surface area contributed by atoms with Crippen molar-refractivity contribution in [2.24, 2.45) is 0 Å². The van der Waals surface area contributed by atoms with E-state index in [0.717, 1.165) is 13.8 Å². The number of ether oxygens (including phenoxy) is 16. The zero-order valence-electron chi connectivity index (χ0n) is 56.3. The first-order chi connectivity index (χ1) is 50.1. The maximum atomic E-state index is 12.8. The largest absolute Gasteiger partial charge is 0.394 e. The van der Waals surface area contributed by atoms with Gasteiger partial charge in [-0.1, -0.05) is 0 Å². The molecule has 0 saturated carbocycles. The monoisotopic (exact) mass is 1560 g/mol. The summed E-state index contributed by atoms with van der Waals surface area (Å²) in [4.78, 5) is 24.8. The molecule has 48 nitrogen and oxygen atoms in total. The number of hydrogen-bond acceptors (Lipinski definition) is 46. The molecule has 0 aliphatic carbocycles. The number of carbonyl (C=O) groups is 2. The van der Waals surface area contributed by atoms with E-state index < -0.39 is 348 Å². The molecule has 0 unspecified atom stereocenters. The van der Waals surface area contributed by atoms with Gasteiger partial charge in [0.05, 0.1) is 72.1 Å². The highest BCUT2D eigenvalue weighted by atomic mass is 16.8. The lowest BCUT2D eigenvalue weighted by atomic mass is 9.94. The average molecular weight is 1560 g/mol. The summed E-state index contributed by atoms with van der Waals surface area (Å²) in [5, 5.41) is 311. The molecular weight excluding hydrogens is 1460 g/mol. The molecule has 0 radical (unpaired) electrons. The van der Waals surface area contributed by atoms with Gasteiger partial charge >= 0.3 is 0 Å². The van der Waals surface area contributed by atoms with Gasteiger partial charge < -0.3 is 229 Å². The highest BCUT2D eigenvalue weighted by molar-refractivity contribution is 5.73. The van der Waals surface area contributed by atoms with Gasteiger partial charge in [0, 0.05) is 13.8 Å². The molecule has 0 bridgehead atoms. The van der Waals surface area contributed by atoms with Crippen LogP contribution in [0.2, 0.25) is 0 Å². The third-order valence-electron chi connectivity index (χ3n) is 19.2. The van der Waals surface area contributed by atoms with Crippen molar-refractivity contribution in [3.8, 4) is 0 Å². The maximum absolute atomic E-state index is 12.8. The van der Waals surface area contributed by atoms with Crippen molar-refractivity contribution in [2.75, 3.05) is 66.1 Å². The van der Waals surface area contributed by atoms with Crippen molar-refractivity contribution in [1.29, 1.82) is 0 Å². The first-order valence-corrected chi connectivity index (χ1v) is 33.6. The molecule has 618 valence electrons. The highest BCUT2D eigenvalue weighted by Gasteiger charge is 2.60. The van der Waals surface area contributed by atoms with Crippen molar-refractivity contribution in [3.63, 3.8) is 0 Å². The number of aliphatic hydroxyl groups is 28. The molecule has 30 N–H and O–H groups in total. The minimum Gasteiger partial charge on any atom is -0.394 e. The molecule has 0 spiro atoms. The van der Waals surface area contributed by atoms with E-state index in [9.17, 15) is 153 Å². The van der Waals surface area contributed by atoms with Gasteiger partial charge in [0.1, 0.15) is 214 Å². The number of rotatable bonds is 31. The van der Waals surface area contributed by atoms with Gasteiger partial charge in [-0.05, 0) is 0 Å². The Balaban J connectivity index is 1.13. The molecule has 2 amide bonds. The zero-order chi connectivity index (χ0) is 78.4. The highest BCUT2D eigenvalue weighted by Crippen LogP contribution is 2.39. The molecule has 0 aromatic heterocycles. The second-order valence-corrected chi connectivity index (χ2v) is 26.5. The van der Waals surface area contributed by atoms with Crippen molar-refractivity contribution in [2.45, 2.75) is 284 Å². The summed E-state index contributed by atoms with van der Waals surface area (Å²) >= 11 is 0. The van der Waals surface area contributed by atoms with E-state index in [1.807, 2.05) is 0 Å². The number of hydrogen-bond donors (Lipinski definition) is 30. The van der Waals surface area contributed by atoms with Crippen molar-refractivity contribution in [1.82, 2.24) is 10.6 Å². The number of aliphatic hydroxyl groups excluding tert-OH is 28. The molecule has 8 rings (SSSR count). The molecule has 8 saturated heterocycles. The minimum absolute atomic E-state index is 0.798. The topological polar surface area (TPSA) is 772 Å². The summed E-state index contributed by atoms with van der Waals surface area (Å²) in [7, 11) is 0. The molecule has 48 heteroatoms. The smallest absolute Gasteiger partial charge is 0.217 e. The van der Waals surface area contributed by atoms with Crippen LogP contribution in [0.25, 0.3) is 0 Å². The third kappa shape index (κ3) is 19.7. The Bertz CT molecular complexity index is 2660. The van der Waals surface area contributed by atoms with Gasteiger partial charge in [-0.3, -0.25) is 9.59 Å². The van der Waals surface area contributed by atoms with Crippen LogP contribution >= 0.6 is 0 Å². The van der Waals surface area contributed by atoms with E-state index in [0.29, 0.717) is 0 Å². The number of amides is 2. The Kier molecular flexibility index (Phi) is 32.9. The van der Waals surface area contributed by atoms with Crippen LogP contribution in [0.1, 0.15) is 13.8 Å². The predicted octanol–water partition coefficient (Wildman–Crippen LogP) is -20.7. The van der Waals surface area contributed by atoms with Gasteiger partial charge in [0.15, 0.2) is 50.3 Å². The van der Waals surface area contributed by atoms with Gasteiger partial charge in [-0.15, -0.1) is 0 Å². The second kappa shape index (κ2) is 39.3. The van der Waals surface area contributed by atoms with E-state index in [4.69, 9.17) is 75.8 Å². The molecule has 8 aliphatic heterocycles. The predicted molar refractivity (Wildman–Crippen MR) is 322 cm³/mol. The third-order valence-corrected chi connectivity index (χ3v) is 19.2. The summed E-state index contributed by atoms with van der Waals surface area (Å²) in [6.45, 7) is -9.05. The average Bonchev–Trinajstić information content (AvgIpc) is 0.772. The van der Waals surface area contributed by atoms with Crippen LogP contribution in [-0.2, 0) is 85.4 Å². The van der Waals surface area contributed by atoms with Crippen LogP contribution in [-0.4, -0.2) is 491 Å². The Labute approximate surface area is 599 Å². The van der Waals surface area contributed by atoms with Crippen molar-refractivity contribution >= 4 is 11.8 Å². The van der Waals surface area contributed by atoms with Gasteiger partial charge in [-0.25, -0.2) is 0 Å². The van der Waals surface area contributed by atoms with Crippen LogP contribution in [0, 0.1) is 0 Å². The minimum atomic E-state index is -2.51. The molecule has 8 aliphatic rings. The van der Waals surface area contributed by atoms with Gasteiger partial charge in [0.25, 0.3) is 0 Å². The van der Waals surface area contributed by atoms with Crippen LogP contribution < -0.4 is 10.6 Å². The Morgan fingerprint density at radius 1 is 0.321 bits per heavy atom. The summed E-state index contributed by atoms with van der Waals surface area (Å²) in [5.41, 5.74) is 0. The normalized spacial score (nSPS) is 48.0. The Morgan fingerprint density at radius 2 is 0.642 bits per heavy atom. The molecule has 44 atom stereocenters. The Hall–Kier alpha value is -2.82. The van der Waals surface area contributed by atoms with Crippen molar-refractivity contribution < 1.29 is 228 Å². The quantitative estimate of drug-likeness (QED) is 0.0306. The van der Waals surface area contributed by atoms with E-state index in [1.54, 1.807) is 0 Å². The first kappa shape index (κ1) is 88.7. The fraction of sp³-hybridized carbons (Fsp3) is 0.966. The summed E-state index contributed by atoms with van der Waals surface area (Å²) in [6, 6.07) is -3.56. The number of carbonyl (C=O) groups excluding carboxylic acids is 2. The fourth-order valence-electron chi connectivity index (χ4n) is 13.1. The molecule has 8 fully saturated rings. The Morgan fingerprint density at radius 3 is 1.05 bits per heavy atom. The van der Waals surface area contributed by atoms with Crippen LogP contribution in [0.3, 0.4) is 0 Å². The van der Waals surface area contributed by atoms with Crippen LogP contribution in [0.4, 0.5) is 0 Å². The summed E-state index contributed by atoms with van der Waals surface area (Å²) < 4.78 is 93.0. The molecule has 0 aromatic rings. The van der Waals surface area contributed by atoms with Crippen molar-refractivity contribution in [3.05, 3.63) is 0 Å². The fourth-order valence-corrected chi connectivity index (χ4v) is 13.1. The first-order valence-electron chi connectivity index (χ1n) is 33.6. The maximum Gasteiger partial charge on any atom is 0.217 e. The SMILES string of the molecule is CC(=O)N[C@H]1[C@H](O[C@@H]([C@H](O)[C@H](CO)NC(C)=O)[C@H](O)CO)O[C@H](CO)[C@@H](O[C@@H]2O[C@H](CO[C@H]3O[C@H](CO[C@H]4O[C@H](CO)[C@@H](O)[C@H](O)[C@@H]4O)[C@@H](O)[C@H](O[C@H]4O[C@H](CO)[C@@H](O)[C@H](O)[C@@H]4O[C@H]4O[C@H](CO)[C@@H](O)[C@H](O)[C@@H]4O[C@H]4O[C@H](CO)[C@@H](O)[C@H](O)[C@@H]4O)[C@@H]3O)[C@@H](O)[C@H](O[C@H]3O[C@H](CO)[C@@H](O)[C@H](O)[C@@H]3O)[C@@H]2O)[C@@H]1O. The molecular formula is C58H100N2O46. The van der Waals surface area contributed by atoms with E-state index in [-0.39, 0.29) is 0 Å². The van der Waals surface area contributed by atoms with E-state index >= 15 is 0 Å². The molecule has 106 heavy (non-hydrogen) atoms. The van der Waals surface area contributed by atoms with E-state index in [1.165, 1.54) is 0 Å². The summed E-state index contributed by atoms with van der Waals surface area (Å²) in [6.07, 6.45) is -90.1. The molecule has 8 heterocycles. The zero-order valence-corrected chi connectivity index (χ0v) is 56.3. The number of nitrogens with one attached hydrogen (secondary N) is 2.